The Morgan fingerprint density at radius 1 is 1.92 bits per heavy atom. The van der Waals surface area contributed by atoms with E-state index in [1.165, 1.54) is 0 Å². The van der Waals surface area contributed by atoms with E-state index in [9.17, 15) is 5.11 Å². The quantitative estimate of drug-likeness (QED) is 0.631. The Bertz CT molecular complexity index is 212. The van der Waals surface area contributed by atoms with Crippen LogP contribution >= 0.6 is 0 Å². The number of oxime groups is 1. The Labute approximate surface area is 71.1 Å². The van der Waals surface area contributed by atoms with Crippen molar-refractivity contribution in [2.75, 3.05) is 6.61 Å². The lowest BCUT2D eigenvalue weighted by atomic mass is 10.0. The van der Waals surface area contributed by atoms with Crippen molar-refractivity contribution in [3.8, 4) is 0 Å². The largest absolute Gasteiger partial charge is 0.394 e. The molecule has 1 rings (SSSR count). The van der Waals surface area contributed by atoms with Crippen molar-refractivity contribution in [1.82, 2.24) is 0 Å². The molecule has 0 bridgehead atoms. The molecule has 0 amide bonds. The van der Waals surface area contributed by atoms with Crippen molar-refractivity contribution in [3.05, 3.63) is 12.2 Å². The SMILES string of the molecule is C=C(C)C1=NO[C@@H]([C@H](O)CO)C1. The van der Waals surface area contributed by atoms with Gasteiger partial charge in [-0.3, -0.25) is 0 Å². The van der Waals surface area contributed by atoms with E-state index in [0.717, 1.165) is 11.3 Å². The Balaban J connectivity index is 2.46. The van der Waals surface area contributed by atoms with Gasteiger partial charge in [0.05, 0.1) is 12.3 Å². The molecule has 0 aliphatic carbocycles. The van der Waals surface area contributed by atoms with Gasteiger partial charge in [0.2, 0.25) is 0 Å². The first-order valence-corrected chi connectivity index (χ1v) is 3.82. The summed E-state index contributed by atoms with van der Waals surface area (Å²) in [5.41, 5.74) is 1.59. The summed E-state index contributed by atoms with van der Waals surface area (Å²) in [5.74, 6) is 0. The summed E-state index contributed by atoms with van der Waals surface area (Å²) in [4.78, 5) is 4.90. The molecule has 1 aliphatic rings. The van der Waals surface area contributed by atoms with Crippen LogP contribution in [0.5, 0.6) is 0 Å². The Morgan fingerprint density at radius 2 is 2.58 bits per heavy atom. The molecule has 4 heteroatoms. The highest BCUT2D eigenvalue weighted by Gasteiger charge is 2.27. The van der Waals surface area contributed by atoms with E-state index in [2.05, 4.69) is 11.7 Å². The summed E-state index contributed by atoms with van der Waals surface area (Å²) in [7, 11) is 0. The molecule has 0 saturated carbocycles. The van der Waals surface area contributed by atoms with Crippen molar-refractivity contribution >= 4 is 5.71 Å². The van der Waals surface area contributed by atoms with Gasteiger partial charge >= 0.3 is 0 Å². The Hall–Kier alpha value is -0.870. The molecular formula is C8H13NO3. The van der Waals surface area contributed by atoms with Crippen LogP contribution in [0.1, 0.15) is 13.3 Å². The van der Waals surface area contributed by atoms with Gasteiger partial charge in [-0.1, -0.05) is 11.7 Å². The van der Waals surface area contributed by atoms with Crippen molar-refractivity contribution in [2.45, 2.75) is 25.6 Å². The van der Waals surface area contributed by atoms with E-state index in [0.29, 0.717) is 6.42 Å². The molecule has 0 aromatic rings. The summed E-state index contributed by atoms with van der Waals surface area (Å²) in [6.07, 6.45) is -0.746. The molecule has 0 saturated heterocycles. The third kappa shape index (κ3) is 1.84. The molecule has 12 heavy (non-hydrogen) atoms. The number of allylic oxidation sites excluding steroid dienone is 1. The van der Waals surface area contributed by atoms with E-state index in [1.54, 1.807) is 0 Å². The second kappa shape index (κ2) is 3.69. The number of hydrogen-bond acceptors (Lipinski definition) is 4. The molecule has 0 aromatic carbocycles. The van der Waals surface area contributed by atoms with Gasteiger partial charge in [-0.2, -0.15) is 0 Å². The molecule has 68 valence electrons. The van der Waals surface area contributed by atoms with Gasteiger partial charge in [0.15, 0.2) is 6.10 Å². The smallest absolute Gasteiger partial charge is 0.161 e. The molecule has 2 N–H and O–H groups in total. The first-order valence-electron chi connectivity index (χ1n) is 3.82. The predicted molar refractivity (Wildman–Crippen MR) is 44.8 cm³/mol. The monoisotopic (exact) mass is 171 g/mol. The highest BCUT2D eigenvalue weighted by Crippen LogP contribution is 2.17. The molecule has 0 radical (unpaired) electrons. The van der Waals surface area contributed by atoms with E-state index < -0.39 is 12.2 Å². The molecule has 0 spiro atoms. The van der Waals surface area contributed by atoms with Crippen LogP contribution in [-0.2, 0) is 4.84 Å². The van der Waals surface area contributed by atoms with Gasteiger partial charge in [-0.25, -0.2) is 0 Å². The third-order valence-corrected chi connectivity index (χ3v) is 1.80. The van der Waals surface area contributed by atoms with Crippen molar-refractivity contribution < 1.29 is 15.1 Å². The minimum atomic E-state index is -0.856. The van der Waals surface area contributed by atoms with E-state index in [1.807, 2.05) is 6.92 Å². The summed E-state index contributed by atoms with van der Waals surface area (Å²) >= 11 is 0. The number of hydrogen-bond donors (Lipinski definition) is 2. The summed E-state index contributed by atoms with van der Waals surface area (Å²) in [6.45, 7) is 5.23. The Kier molecular flexibility index (Phi) is 2.83. The molecule has 2 atom stereocenters. The molecule has 4 nitrogen and oxygen atoms in total. The maximum Gasteiger partial charge on any atom is 0.161 e. The average Bonchev–Trinajstić information content (AvgIpc) is 2.51. The van der Waals surface area contributed by atoms with Gasteiger partial charge in [0.25, 0.3) is 0 Å². The zero-order valence-electron chi connectivity index (χ0n) is 7.03. The Morgan fingerprint density at radius 3 is 3.00 bits per heavy atom. The lowest BCUT2D eigenvalue weighted by Gasteiger charge is -2.12. The fourth-order valence-corrected chi connectivity index (χ4v) is 0.972. The number of rotatable bonds is 3. The van der Waals surface area contributed by atoms with Gasteiger partial charge in [0.1, 0.15) is 6.10 Å². The van der Waals surface area contributed by atoms with Crippen LogP contribution in [0.3, 0.4) is 0 Å². The second-order valence-electron chi connectivity index (χ2n) is 2.92. The average molecular weight is 171 g/mol. The van der Waals surface area contributed by atoms with Gasteiger partial charge in [0, 0.05) is 6.42 Å². The van der Waals surface area contributed by atoms with Gasteiger partial charge < -0.3 is 15.1 Å². The normalized spacial score (nSPS) is 24.6. The first-order chi connectivity index (χ1) is 5.65. The second-order valence-corrected chi connectivity index (χ2v) is 2.92. The maximum absolute atomic E-state index is 9.18. The molecule has 1 aliphatic heterocycles. The van der Waals surface area contributed by atoms with Crippen LogP contribution in [-0.4, -0.2) is 34.7 Å². The standard InChI is InChI=1S/C8H13NO3/c1-5(2)6-3-8(12-9-6)7(11)4-10/h7-8,10-11H,1,3-4H2,2H3/t7-,8-/m1/s1. The highest BCUT2D eigenvalue weighted by molar-refractivity contribution is 5.99. The van der Waals surface area contributed by atoms with Crippen molar-refractivity contribution in [2.24, 2.45) is 5.16 Å². The summed E-state index contributed by atoms with van der Waals surface area (Å²) < 4.78 is 0. The molecule has 1 heterocycles. The fourth-order valence-electron chi connectivity index (χ4n) is 0.972. The fraction of sp³-hybridized carbons (Fsp3) is 0.625. The minimum absolute atomic E-state index is 0.302. The van der Waals surface area contributed by atoms with Crippen molar-refractivity contribution in [1.29, 1.82) is 0 Å². The predicted octanol–water partition coefficient (Wildman–Crippen LogP) is 0.0606. The van der Waals surface area contributed by atoms with Crippen LogP contribution in [0.2, 0.25) is 0 Å². The minimum Gasteiger partial charge on any atom is -0.394 e. The lowest BCUT2D eigenvalue weighted by Crippen LogP contribution is -2.29. The number of aliphatic hydroxyl groups excluding tert-OH is 2. The van der Waals surface area contributed by atoms with E-state index in [4.69, 9.17) is 9.94 Å². The molecule has 0 aromatic heterocycles. The van der Waals surface area contributed by atoms with Crippen LogP contribution in [0, 0.1) is 0 Å². The maximum atomic E-state index is 9.18. The van der Waals surface area contributed by atoms with Crippen LogP contribution in [0.4, 0.5) is 0 Å². The number of nitrogens with zero attached hydrogens (tertiary/aromatic N) is 1. The van der Waals surface area contributed by atoms with Crippen LogP contribution < -0.4 is 0 Å². The third-order valence-electron chi connectivity index (χ3n) is 1.80. The topological polar surface area (TPSA) is 62.0 Å². The highest BCUT2D eigenvalue weighted by atomic mass is 16.7. The van der Waals surface area contributed by atoms with Gasteiger partial charge in [-0.15, -0.1) is 0 Å². The summed E-state index contributed by atoms with van der Waals surface area (Å²) in [5, 5.41) is 21.5. The van der Waals surface area contributed by atoms with E-state index >= 15 is 0 Å². The van der Waals surface area contributed by atoms with E-state index in [-0.39, 0.29) is 6.61 Å². The van der Waals surface area contributed by atoms with Gasteiger partial charge in [-0.05, 0) is 12.5 Å². The molecular weight excluding hydrogens is 158 g/mol. The molecule has 0 fully saturated rings. The summed E-state index contributed by atoms with van der Waals surface area (Å²) in [6, 6.07) is 0. The van der Waals surface area contributed by atoms with Crippen molar-refractivity contribution in [3.63, 3.8) is 0 Å². The zero-order valence-corrected chi connectivity index (χ0v) is 7.03. The first kappa shape index (κ1) is 9.22. The zero-order chi connectivity index (χ0) is 9.14. The number of aliphatic hydroxyl groups is 2. The lowest BCUT2D eigenvalue weighted by molar-refractivity contribution is -0.0407. The van der Waals surface area contributed by atoms with Crippen LogP contribution in [0.25, 0.3) is 0 Å². The van der Waals surface area contributed by atoms with Crippen LogP contribution in [0.15, 0.2) is 17.3 Å². The molecule has 0 unspecified atom stereocenters.